The number of nitrogens with one attached hydrogen (secondary N) is 1. The van der Waals surface area contributed by atoms with E-state index in [2.05, 4.69) is 10.1 Å². The third kappa shape index (κ3) is 2.77. The molecule has 0 aliphatic heterocycles. The molecule has 0 radical (unpaired) electrons. The summed E-state index contributed by atoms with van der Waals surface area (Å²) in [6, 6.07) is 5.08. The molecule has 5 heteroatoms. The molecule has 0 atom stereocenters. The molecule has 0 aliphatic rings. The van der Waals surface area contributed by atoms with Crippen molar-refractivity contribution in [1.29, 1.82) is 0 Å². The Bertz CT molecular complexity index is 351. The van der Waals surface area contributed by atoms with Gasteiger partial charge in [-0.25, -0.2) is 4.79 Å². The lowest BCUT2D eigenvalue weighted by molar-refractivity contribution is 0.187. The smallest absolute Gasteiger partial charge is 0.411 e. The van der Waals surface area contributed by atoms with Crippen molar-refractivity contribution in [3.05, 3.63) is 18.2 Å². The zero-order valence-corrected chi connectivity index (χ0v) is 8.87. The third-order valence-electron chi connectivity index (χ3n) is 1.83. The van der Waals surface area contributed by atoms with Gasteiger partial charge in [0.15, 0.2) is 0 Å². The zero-order valence-electron chi connectivity index (χ0n) is 8.87. The van der Waals surface area contributed by atoms with Crippen LogP contribution in [0.3, 0.4) is 0 Å². The monoisotopic (exact) mass is 211 g/mol. The molecular formula is C10H13NO4. The Hall–Kier alpha value is -1.91. The summed E-state index contributed by atoms with van der Waals surface area (Å²) in [5.41, 5.74) is 0.503. The molecule has 0 aromatic heterocycles. The SMILES string of the molecule is COC(=O)Nc1cc(OC)ccc1OC. The summed E-state index contributed by atoms with van der Waals surface area (Å²) in [4.78, 5) is 11.0. The Balaban J connectivity index is 2.95. The maximum Gasteiger partial charge on any atom is 0.411 e. The Morgan fingerprint density at radius 2 is 1.93 bits per heavy atom. The van der Waals surface area contributed by atoms with Crippen LogP contribution in [0.25, 0.3) is 0 Å². The van der Waals surface area contributed by atoms with Crippen molar-refractivity contribution in [3.63, 3.8) is 0 Å². The van der Waals surface area contributed by atoms with Crippen molar-refractivity contribution in [2.45, 2.75) is 0 Å². The minimum atomic E-state index is -0.554. The highest BCUT2D eigenvalue weighted by molar-refractivity contribution is 5.87. The predicted octanol–water partition coefficient (Wildman–Crippen LogP) is 1.88. The van der Waals surface area contributed by atoms with Crippen LogP contribution in [0.5, 0.6) is 11.5 Å². The van der Waals surface area contributed by atoms with Gasteiger partial charge < -0.3 is 14.2 Å². The fourth-order valence-electron chi connectivity index (χ4n) is 1.07. The first-order chi connectivity index (χ1) is 7.21. The van der Waals surface area contributed by atoms with Crippen molar-refractivity contribution in [1.82, 2.24) is 0 Å². The first-order valence-electron chi connectivity index (χ1n) is 4.28. The molecule has 1 aromatic rings. The lowest BCUT2D eigenvalue weighted by Gasteiger charge is -2.10. The fraction of sp³-hybridized carbons (Fsp3) is 0.300. The molecular weight excluding hydrogens is 198 g/mol. The van der Waals surface area contributed by atoms with E-state index in [1.54, 1.807) is 25.3 Å². The van der Waals surface area contributed by atoms with Crippen LogP contribution in [0.1, 0.15) is 0 Å². The van der Waals surface area contributed by atoms with Gasteiger partial charge >= 0.3 is 6.09 Å². The number of hydrogen-bond donors (Lipinski definition) is 1. The van der Waals surface area contributed by atoms with Gasteiger partial charge in [0.05, 0.1) is 27.0 Å². The second-order valence-corrected chi connectivity index (χ2v) is 2.68. The van der Waals surface area contributed by atoms with Crippen molar-refractivity contribution < 1.29 is 19.0 Å². The van der Waals surface area contributed by atoms with Crippen LogP contribution in [0.4, 0.5) is 10.5 Å². The predicted molar refractivity (Wildman–Crippen MR) is 55.6 cm³/mol. The summed E-state index contributed by atoms with van der Waals surface area (Å²) < 4.78 is 14.6. The number of carbonyl (C=O) groups excluding carboxylic acids is 1. The molecule has 0 heterocycles. The van der Waals surface area contributed by atoms with Gasteiger partial charge in [0, 0.05) is 6.07 Å². The summed E-state index contributed by atoms with van der Waals surface area (Å²) in [7, 11) is 4.36. The van der Waals surface area contributed by atoms with E-state index in [4.69, 9.17) is 9.47 Å². The van der Waals surface area contributed by atoms with E-state index in [1.165, 1.54) is 14.2 Å². The van der Waals surface area contributed by atoms with Gasteiger partial charge in [-0.3, -0.25) is 5.32 Å². The molecule has 0 saturated carbocycles. The first kappa shape index (κ1) is 11.2. The van der Waals surface area contributed by atoms with Gasteiger partial charge in [-0.15, -0.1) is 0 Å². The van der Waals surface area contributed by atoms with E-state index in [1.807, 2.05) is 0 Å². The molecule has 0 saturated heterocycles. The second-order valence-electron chi connectivity index (χ2n) is 2.68. The summed E-state index contributed by atoms with van der Waals surface area (Å²) in [5, 5.41) is 2.52. The van der Waals surface area contributed by atoms with Gasteiger partial charge in [-0.1, -0.05) is 0 Å². The standard InChI is InChI=1S/C10H13NO4/c1-13-7-4-5-9(14-2)8(6-7)11-10(12)15-3/h4-6H,1-3H3,(H,11,12). The molecule has 0 fully saturated rings. The van der Waals surface area contributed by atoms with Crippen LogP contribution in [-0.2, 0) is 4.74 Å². The Kier molecular flexibility index (Phi) is 3.79. The average molecular weight is 211 g/mol. The Morgan fingerprint density at radius 1 is 1.20 bits per heavy atom. The van der Waals surface area contributed by atoms with Crippen LogP contribution in [0, 0.1) is 0 Å². The van der Waals surface area contributed by atoms with E-state index >= 15 is 0 Å². The molecule has 0 bridgehead atoms. The molecule has 1 amide bonds. The molecule has 0 unspecified atom stereocenters. The van der Waals surface area contributed by atoms with E-state index in [0.717, 1.165) is 0 Å². The number of ether oxygens (including phenoxy) is 3. The highest BCUT2D eigenvalue weighted by Gasteiger charge is 2.08. The van der Waals surface area contributed by atoms with Gasteiger partial charge in [0.1, 0.15) is 11.5 Å². The lowest BCUT2D eigenvalue weighted by Crippen LogP contribution is -2.11. The topological polar surface area (TPSA) is 56.8 Å². The molecule has 5 nitrogen and oxygen atoms in total. The molecule has 1 aromatic carbocycles. The minimum absolute atomic E-state index is 0.503. The van der Waals surface area contributed by atoms with Crippen LogP contribution < -0.4 is 14.8 Å². The van der Waals surface area contributed by atoms with Crippen LogP contribution >= 0.6 is 0 Å². The summed E-state index contributed by atoms with van der Waals surface area (Å²) in [5.74, 6) is 1.17. The minimum Gasteiger partial charge on any atom is -0.497 e. The fourth-order valence-corrected chi connectivity index (χ4v) is 1.07. The third-order valence-corrected chi connectivity index (χ3v) is 1.83. The van der Waals surface area contributed by atoms with Crippen LogP contribution in [0.15, 0.2) is 18.2 Å². The van der Waals surface area contributed by atoms with Crippen molar-refractivity contribution >= 4 is 11.8 Å². The largest absolute Gasteiger partial charge is 0.497 e. The molecule has 0 aliphatic carbocycles. The normalized spacial score (nSPS) is 9.27. The highest BCUT2D eigenvalue weighted by Crippen LogP contribution is 2.28. The highest BCUT2D eigenvalue weighted by atomic mass is 16.5. The zero-order chi connectivity index (χ0) is 11.3. The van der Waals surface area contributed by atoms with Crippen molar-refractivity contribution in [2.24, 2.45) is 0 Å². The van der Waals surface area contributed by atoms with Gasteiger partial charge in [0.2, 0.25) is 0 Å². The van der Waals surface area contributed by atoms with E-state index in [0.29, 0.717) is 17.2 Å². The Morgan fingerprint density at radius 3 is 2.47 bits per heavy atom. The van der Waals surface area contributed by atoms with Gasteiger partial charge in [-0.2, -0.15) is 0 Å². The second kappa shape index (κ2) is 5.09. The number of methoxy groups -OCH3 is 3. The van der Waals surface area contributed by atoms with Gasteiger partial charge in [0.25, 0.3) is 0 Å². The quantitative estimate of drug-likeness (QED) is 0.829. The average Bonchev–Trinajstić information content (AvgIpc) is 2.28. The molecule has 1 N–H and O–H groups in total. The molecule has 82 valence electrons. The van der Waals surface area contributed by atoms with Crippen LogP contribution in [0.2, 0.25) is 0 Å². The lowest BCUT2D eigenvalue weighted by atomic mass is 10.2. The number of anilines is 1. The van der Waals surface area contributed by atoms with Gasteiger partial charge in [-0.05, 0) is 12.1 Å². The number of rotatable bonds is 3. The van der Waals surface area contributed by atoms with Crippen molar-refractivity contribution in [2.75, 3.05) is 26.6 Å². The maximum atomic E-state index is 11.0. The first-order valence-corrected chi connectivity index (χ1v) is 4.28. The van der Waals surface area contributed by atoms with Crippen LogP contribution in [-0.4, -0.2) is 27.4 Å². The number of benzene rings is 1. The van der Waals surface area contributed by atoms with E-state index in [-0.39, 0.29) is 0 Å². The summed E-state index contributed by atoms with van der Waals surface area (Å²) in [6.45, 7) is 0. The number of hydrogen-bond acceptors (Lipinski definition) is 4. The van der Waals surface area contributed by atoms with E-state index < -0.39 is 6.09 Å². The number of amides is 1. The maximum absolute atomic E-state index is 11.0. The number of carbonyl (C=O) groups is 1. The Labute approximate surface area is 87.9 Å². The van der Waals surface area contributed by atoms with E-state index in [9.17, 15) is 4.79 Å². The summed E-state index contributed by atoms with van der Waals surface area (Å²) in [6.07, 6.45) is -0.554. The molecule has 0 spiro atoms. The van der Waals surface area contributed by atoms with Crippen molar-refractivity contribution in [3.8, 4) is 11.5 Å². The summed E-state index contributed by atoms with van der Waals surface area (Å²) >= 11 is 0. The molecule has 15 heavy (non-hydrogen) atoms. The molecule has 1 rings (SSSR count).